The van der Waals surface area contributed by atoms with Crippen molar-refractivity contribution in [1.82, 2.24) is 9.59 Å². The molecule has 0 aliphatic heterocycles. The van der Waals surface area contributed by atoms with Gasteiger partial charge < -0.3 is 0 Å². The van der Waals surface area contributed by atoms with Crippen LogP contribution in [0.5, 0.6) is 0 Å². The first-order valence-corrected chi connectivity index (χ1v) is 4.61. The maximum atomic E-state index is 5.82. The summed E-state index contributed by atoms with van der Waals surface area (Å²) in [4.78, 5) is 0. The summed E-state index contributed by atoms with van der Waals surface area (Å²) in [6, 6.07) is 7.57. The average molecular weight is 197 g/mol. The van der Waals surface area contributed by atoms with E-state index in [1.54, 1.807) is 0 Å². The highest BCUT2D eigenvalue weighted by Crippen LogP contribution is 2.20. The number of nitrogens with zero attached hydrogens (tertiary/aromatic N) is 2. The molecule has 0 amide bonds. The van der Waals surface area contributed by atoms with E-state index >= 15 is 0 Å². The van der Waals surface area contributed by atoms with Crippen molar-refractivity contribution in [3.8, 4) is 11.3 Å². The summed E-state index contributed by atoms with van der Waals surface area (Å²) in [7, 11) is 0. The van der Waals surface area contributed by atoms with Crippen LogP contribution in [0.3, 0.4) is 0 Å². The van der Waals surface area contributed by atoms with Crippen LogP contribution in [0, 0.1) is 0 Å². The third kappa shape index (κ3) is 1.47. The first-order chi connectivity index (χ1) is 5.86. The first-order valence-electron chi connectivity index (χ1n) is 3.39. The van der Waals surface area contributed by atoms with E-state index in [4.69, 9.17) is 11.6 Å². The standard InChI is InChI=1S/C8H5ClN2S/c9-7-3-1-2-6(4-7)8-5-12-11-10-8/h1-5H. The summed E-state index contributed by atoms with van der Waals surface area (Å²) in [5, 5.41) is 6.55. The Balaban J connectivity index is 2.48. The smallest absolute Gasteiger partial charge is 0.105 e. The number of aromatic nitrogens is 2. The molecule has 12 heavy (non-hydrogen) atoms. The lowest BCUT2D eigenvalue weighted by Crippen LogP contribution is -1.76. The Morgan fingerprint density at radius 3 is 2.92 bits per heavy atom. The van der Waals surface area contributed by atoms with Gasteiger partial charge in [0.2, 0.25) is 0 Å². The molecule has 1 aromatic carbocycles. The van der Waals surface area contributed by atoms with Gasteiger partial charge in [-0.15, -0.1) is 5.10 Å². The molecule has 0 spiro atoms. The van der Waals surface area contributed by atoms with E-state index in [0.717, 1.165) is 16.3 Å². The van der Waals surface area contributed by atoms with Gasteiger partial charge in [0.15, 0.2) is 0 Å². The second-order valence-corrected chi connectivity index (χ2v) is 3.35. The molecule has 4 heteroatoms. The van der Waals surface area contributed by atoms with Crippen molar-refractivity contribution in [3.63, 3.8) is 0 Å². The molecule has 2 nitrogen and oxygen atoms in total. The number of hydrogen-bond donors (Lipinski definition) is 0. The molecule has 1 heterocycles. The Bertz CT molecular complexity index is 372. The van der Waals surface area contributed by atoms with E-state index in [9.17, 15) is 0 Å². The zero-order valence-electron chi connectivity index (χ0n) is 6.07. The van der Waals surface area contributed by atoms with Crippen molar-refractivity contribution in [2.24, 2.45) is 0 Å². The van der Waals surface area contributed by atoms with E-state index in [0.29, 0.717) is 0 Å². The maximum Gasteiger partial charge on any atom is 0.105 e. The number of hydrogen-bond acceptors (Lipinski definition) is 3. The van der Waals surface area contributed by atoms with Crippen molar-refractivity contribution < 1.29 is 0 Å². The van der Waals surface area contributed by atoms with Crippen molar-refractivity contribution in [2.45, 2.75) is 0 Å². The Morgan fingerprint density at radius 1 is 1.33 bits per heavy atom. The van der Waals surface area contributed by atoms with Gasteiger partial charge in [0.1, 0.15) is 5.69 Å². The second-order valence-electron chi connectivity index (χ2n) is 2.30. The van der Waals surface area contributed by atoms with Gasteiger partial charge in [-0.1, -0.05) is 28.2 Å². The second kappa shape index (κ2) is 3.21. The van der Waals surface area contributed by atoms with Crippen LogP contribution in [-0.4, -0.2) is 9.59 Å². The molecule has 0 bridgehead atoms. The van der Waals surface area contributed by atoms with Crippen LogP contribution in [0.15, 0.2) is 29.6 Å². The molecule has 0 radical (unpaired) electrons. The van der Waals surface area contributed by atoms with Crippen LogP contribution in [-0.2, 0) is 0 Å². The van der Waals surface area contributed by atoms with Crippen LogP contribution >= 0.6 is 23.1 Å². The lowest BCUT2D eigenvalue weighted by Gasteiger charge is -1.94. The third-order valence-electron chi connectivity index (χ3n) is 1.48. The summed E-state index contributed by atoms with van der Waals surface area (Å²) in [6.45, 7) is 0. The Labute approximate surface area is 79.0 Å². The number of rotatable bonds is 1. The van der Waals surface area contributed by atoms with Crippen molar-refractivity contribution in [2.75, 3.05) is 0 Å². The highest BCUT2D eigenvalue weighted by Gasteiger charge is 1.99. The minimum Gasteiger partial charge on any atom is -0.138 e. The summed E-state index contributed by atoms with van der Waals surface area (Å²) in [5.74, 6) is 0. The predicted molar refractivity (Wildman–Crippen MR) is 50.4 cm³/mol. The largest absolute Gasteiger partial charge is 0.138 e. The molecule has 0 aliphatic rings. The van der Waals surface area contributed by atoms with Crippen molar-refractivity contribution >= 4 is 23.1 Å². The maximum absolute atomic E-state index is 5.82. The predicted octanol–water partition coefficient (Wildman–Crippen LogP) is 2.86. The van der Waals surface area contributed by atoms with E-state index in [1.807, 2.05) is 29.6 Å². The van der Waals surface area contributed by atoms with E-state index in [2.05, 4.69) is 9.59 Å². The average Bonchev–Trinajstić information content (AvgIpc) is 2.56. The SMILES string of the molecule is Clc1cccc(-c2csnn2)c1. The highest BCUT2D eigenvalue weighted by atomic mass is 35.5. The van der Waals surface area contributed by atoms with Crippen LogP contribution in [0.2, 0.25) is 5.02 Å². The summed E-state index contributed by atoms with van der Waals surface area (Å²) >= 11 is 7.15. The van der Waals surface area contributed by atoms with Crippen molar-refractivity contribution in [3.05, 3.63) is 34.7 Å². The molecule has 0 N–H and O–H groups in total. The van der Waals surface area contributed by atoms with Gasteiger partial charge in [0.25, 0.3) is 0 Å². The Kier molecular flexibility index (Phi) is 2.06. The van der Waals surface area contributed by atoms with Crippen LogP contribution in [0.25, 0.3) is 11.3 Å². The van der Waals surface area contributed by atoms with Gasteiger partial charge >= 0.3 is 0 Å². The van der Waals surface area contributed by atoms with E-state index < -0.39 is 0 Å². The van der Waals surface area contributed by atoms with Crippen molar-refractivity contribution in [1.29, 1.82) is 0 Å². The molecule has 2 aromatic rings. The minimum atomic E-state index is 0.723. The highest BCUT2D eigenvalue weighted by molar-refractivity contribution is 7.03. The quantitative estimate of drug-likeness (QED) is 0.701. The zero-order chi connectivity index (χ0) is 8.39. The van der Waals surface area contributed by atoms with E-state index in [1.165, 1.54) is 11.5 Å². The topological polar surface area (TPSA) is 25.8 Å². The van der Waals surface area contributed by atoms with Crippen LogP contribution in [0.4, 0.5) is 0 Å². The number of halogens is 1. The minimum absolute atomic E-state index is 0.723. The number of benzene rings is 1. The normalized spacial score (nSPS) is 10.1. The van der Waals surface area contributed by atoms with Gasteiger partial charge in [-0.2, -0.15) is 0 Å². The van der Waals surface area contributed by atoms with Crippen LogP contribution in [0.1, 0.15) is 0 Å². The fourth-order valence-corrected chi connectivity index (χ4v) is 1.59. The summed E-state index contributed by atoms with van der Waals surface area (Å²) < 4.78 is 3.78. The lowest BCUT2D eigenvalue weighted by molar-refractivity contribution is 1.16. The van der Waals surface area contributed by atoms with Gasteiger partial charge in [-0.25, -0.2) is 0 Å². The van der Waals surface area contributed by atoms with Gasteiger partial charge in [-0.3, -0.25) is 0 Å². The summed E-state index contributed by atoms with van der Waals surface area (Å²) in [5.41, 5.74) is 1.89. The molecule has 60 valence electrons. The first kappa shape index (κ1) is 7.71. The molecule has 0 unspecified atom stereocenters. The molecule has 0 saturated carbocycles. The molecular formula is C8H5ClN2S. The fraction of sp³-hybridized carbons (Fsp3) is 0. The Morgan fingerprint density at radius 2 is 2.25 bits per heavy atom. The van der Waals surface area contributed by atoms with Crippen LogP contribution < -0.4 is 0 Å². The molecule has 0 saturated heterocycles. The third-order valence-corrected chi connectivity index (χ3v) is 2.22. The molecule has 0 aliphatic carbocycles. The molecule has 0 fully saturated rings. The lowest BCUT2D eigenvalue weighted by atomic mass is 10.2. The fourth-order valence-electron chi connectivity index (χ4n) is 0.938. The van der Waals surface area contributed by atoms with Gasteiger partial charge in [0, 0.05) is 16.0 Å². The van der Waals surface area contributed by atoms with E-state index in [-0.39, 0.29) is 0 Å². The Hall–Kier alpha value is -0.930. The molecule has 0 atom stereocenters. The molecule has 2 rings (SSSR count). The monoisotopic (exact) mass is 196 g/mol. The molecular weight excluding hydrogens is 192 g/mol. The molecule has 1 aromatic heterocycles. The van der Waals surface area contributed by atoms with Gasteiger partial charge in [-0.05, 0) is 23.7 Å². The van der Waals surface area contributed by atoms with Gasteiger partial charge in [0.05, 0.1) is 0 Å². The summed E-state index contributed by atoms with van der Waals surface area (Å²) in [6.07, 6.45) is 0. The zero-order valence-corrected chi connectivity index (χ0v) is 7.64.